The fourth-order valence-corrected chi connectivity index (χ4v) is 2.29. The summed E-state index contributed by atoms with van der Waals surface area (Å²) in [5.74, 6) is -0.550. The molecule has 16 heavy (non-hydrogen) atoms. The monoisotopic (exact) mass is 253 g/mol. The Morgan fingerprint density at radius 3 is 2.31 bits per heavy atom. The van der Waals surface area contributed by atoms with Gasteiger partial charge in [-0.15, -0.1) is 0 Å². The summed E-state index contributed by atoms with van der Waals surface area (Å²) >= 11 is 0. The number of carbonyl (C=O) groups excluding carboxylic acids is 1. The van der Waals surface area contributed by atoms with E-state index in [0.29, 0.717) is 0 Å². The molecule has 0 radical (unpaired) electrons. The first kappa shape index (κ1) is 15.6. The van der Waals surface area contributed by atoms with Crippen LogP contribution in [0.1, 0.15) is 17.3 Å². The van der Waals surface area contributed by atoms with Crippen molar-refractivity contribution in [2.45, 2.75) is 11.8 Å². The number of nitrogens with one attached hydrogen (secondary N) is 1. The Hall–Kier alpha value is -0.400. The molecule has 1 aromatic rings. The average Bonchev–Trinajstić information content (AvgIpc) is 2.40. The number of aliphatic hydroxyl groups excluding tert-OH is 1. The molecule has 0 saturated carbocycles. The molecular formula is C9H12NNaO4S. The van der Waals surface area contributed by atoms with E-state index in [-0.39, 0.29) is 46.6 Å². The van der Waals surface area contributed by atoms with Gasteiger partial charge in [0.25, 0.3) is 15.9 Å². The molecule has 2 rings (SSSR count). The molecular weight excluding hydrogens is 241 g/mol. The summed E-state index contributed by atoms with van der Waals surface area (Å²) in [6.45, 7) is 1.93. The summed E-state index contributed by atoms with van der Waals surface area (Å²) in [4.78, 5) is 11.1. The molecule has 0 atom stereocenters. The van der Waals surface area contributed by atoms with E-state index in [1.54, 1.807) is 19.1 Å². The van der Waals surface area contributed by atoms with Crippen LogP contribution >= 0.6 is 0 Å². The molecule has 1 aromatic carbocycles. The predicted molar refractivity (Wildman–Crippen MR) is 61.0 cm³/mol. The van der Waals surface area contributed by atoms with Gasteiger partial charge in [-0.1, -0.05) is 12.1 Å². The number of carbonyl (C=O) groups is 1. The molecule has 5 nitrogen and oxygen atoms in total. The number of hydrogen-bond acceptors (Lipinski definition) is 4. The molecule has 84 valence electrons. The van der Waals surface area contributed by atoms with Crippen molar-refractivity contribution in [3.05, 3.63) is 29.8 Å². The molecule has 1 heterocycles. The maximum absolute atomic E-state index is 11.1. The van der Waals surface area contributed by atoms with Crippen molar-refractivity contribution >= 4 is 45.5 Å². The van der Waals surface area contributed by atoms with E-state index in [1.165, 1.54) is 12.1 Å². The molecule has 0 aromatic heterocycles. The third-order valence-electron chi connectivity index (χ3n) is 1.65. The maximum atomic E-state index is 11.1. The number of sulfonamides is 1. The molecule has 2 N–H and O–H groups in total. The van der Waals surface area contributed by atoms with E-state index in [1.807, 2.05) is 4.72 Å². The van der Waals surface area contributed by atoms with E-state index in [0.717, 1.165) is 0 Å². The van der Waals surface area contributed by atoms with Crippen molar-refractivity contribution < 1.29 is 18.3 Å². The first-order valence-corrected chi connectivity index (χ1v) is 5.78. The average molecular weight is 253 g/mol. The van der Waals surface area contributed by atoms with Crippen LogP contribution in [-0.2, 0) is 10.0 Å². The Morgan fingerprint density at radius 1 is 1.31 bits per heavy atom. The first-order chi connectivity index (χ1) is 7.03. The third-order valence-corrected chi connectivity index (χ3v) is 3.04. The SMILES string of the molecule is CCO.O=C1NS(=O)(=O)c2ccccc21.[NaH]. The van der Waals surface area contributed by atoms with Crippen molar-refractivity contribution in [3.63, 3.8) is 0 Å². The van der Waals surface area contributed by atoms with Gasteiger partial charge in [-0.2, -0.15) is 0 Å². The van der Waals surface area contributed by atoms with Crippen molar-refractivity contribution in [1.82, 2.24) is 4.72 Å². The molecule has 1 amide bonds. The number of amides is 1. The van der Waals surface area contributed by atoms with Crippen LogP contribution in [0.4, 0.5) is 0 Å². The van der Waals surface area contributed by atoms with Crippen LogP contribution in [0.2, 0.25) is 0 Å². The Morgan fingerprint density at radius 2 is 1.81 bits per heavy atom. The summed E-state index contributed by atoms with van der Waals surface area (Å²) in [7, 11) is -3.55. The molecule has 0 unspecified atom stereocenters. The van der Waals surface area contributed by atoms with Crippen LogP contribution in [0.25, 0.3) is 0 Å². The van der Waals surface area contributed by atoms with Gasteiger partial charge >= 0.3 is 29.6 Å². The van der Waals surface area contributed by atoms with Crippen LogP contribution in [-0.4, -0.2) is 55.6 Å². The fraction of sp³-hybridized carbons (Fsp3) is 0.222. The van der Waals surface area contributed by atoms with Crippen LogP contribution in [0.3, 0.4) is 0 Å². The van der Waals surface area contributed by atoms with Gasteiger partial charge in [0, 0.05) is 6.61 Å². The molecule has 0 fully saturated rings. The summed E-state index contributed by atoms with van der Waals surface area (Å²) in [6, 6.07) is 6.09. The summed E-state index contributed by atoms with van der Waals surface area (Å²) in [6.07, 6.45) is 0. The second-order valence-corrected chi connectivity index (χ2v) is 4.40. The van der Waals surface area contributed by atoms with Crippen molar-refractivity contribution in [1.29, 1.82) is 0 Å². The van der Waals surface area contributed by atoms with Gasteiger partial charge in [-0.3, -0.25) is 4.79 Å². The van der Waals surface area contributed by atoms with E-state index in [2.05, 4.69) is 0 Å². The number of rotatable bonds is 0. The molecule has 0 spiro atoms. The Labute approximate surface area is 116 Å². The van der Waals surface area contributed by atoms with Gasteiger partial charge in [-0.25, -0.2) is 13.1 Å². The van der Waals surface area contributed by atoms with Gasteiger partial charge < -0.3 is 5.11 Å². The van der Waals surface area contributed by atoms with Gasteiger partial charge in [0.2, 0.25) is 0 Å². The minimum absolute atomic E-state index is 0. The Balaban J connectivity index is 0.000000511. The van der Waals surface area contributed by atoms with Crippen molar-refractivity contribution in [2.75, 3.05) is 6.61 Å². The van der Waals surface area contributed by atoms with Crippen LogP contribution in [0, 0.1) is 0 Å². The molecule has 1 aliphatic heterocycles. The number of hydrogen-bond donors (Lipinski definition) is 2. The first-order valence-electron chi connectivity index (χ1n) is 4.30. The van der Waals surface area contributed by atoms with E-state index in [9.17, 15) is 13.2 Å². The summed E-state index contributed by atoms with van der Waals surface area (Å²) in [5.41, 5.74) is 0.220. The van der Waals surface area contributed by atoms with Crippen LogP contribution in [0.15, 0.2) is 29.2 Å². The van der Waals surface area contributed by atoms with E-state index < -0.39 is 15.9 Å². The molecule has 0 saturated heterocycles. The molecule has 0 bridgehead atoms. The normalized spacial score (nSPS) is 15.0. The van der Waals surface area contributed by atoms with Crippen LogP contribution in [0.5, 0.6) is 0 Å². The number of benzene rings is 1. The van der Waals surface area contributed by atoms with Crippen molar-refractivity contribution in [3.8, 4) is 0 Å². The molecule has 7 heteroatoms. The summed E-state index contributed by atoms with van der Waals surface area (Å²) < 4.78 is 24.2. The standard InChI is InChI=1S/C7H5NO3S.C2H6O.Na.H/c9-7-5-3-1-2-4-6(5)12(10,11)8-7;1-2-3;;/h1-4H,(H,8,9);3H,2H2,1H3;;. The quantitative estimate of drug-likeness (QED) is 0.609. The van der Waals surface area contributed by atoms with Crippen LogP contribution < -0.4 is 4.72 Å². The summed E-state index contributed by atoms with van der Waals surface area (Å²) in [5, 5.41) is 7.57. The number of aliphatic hydroxyl groups is 1. The van der Waals surface area contributed by atoms with Gasteiger partial charge in [0.05, 0.1) is 5.56 Å². The second-order valence-electron chi connectivity index (χ2n) is 2.75. The van der Waals surface area contributed by atoms with Crippen molar-refractivity contribution in [2.24, 2.45) is 0 Å². The van der Waals surface area contributed by atoms with Gasteiger partial charge in [-0.05, 0) is 19.1 Å². The minimum atomic E-state index is -3.55. The molecule has 1 aliphatic rings. The fourth-order valence-electron chi connectivity index (χ4n) is 1.12. The number of fused-ring (bicyclic) bond motifs is 1. The zero-order valence-corrected chi connectivity index (χ0v) is 8.91. The molecule has 0 aliphatic carbocycles. The Kier molecular flexibility index (Phi) is 6.20. The van der Waals surface area contributed by atoms with Gasteiger partial charge in [0.1, 0.15) is 4.90 Å². The Bertz CT molecular complexity index is 472. The van der Waals surface area contributed by atoms with Gasteiger partial charge in [0.15, 0.2) is 0 Å². The third kappa shape index (κ3) is 3.29. The second kappa shape index (κ2) is 6.36. The predicted octanol–water partition coefficient (Wildman–Crippen LogP) is -0.531. The van der Waals surface area contributed by atoms with E-state index >= 15 is 0 Å². The topological polar surface area (TPSA) is 83.5 Å². The van der Waals surface area contributed by atoms with E-state index in [4.69, 9.17) is 5.11 Å². The zero-order chi connectivity index (χ0) is 11.5. The zero-order valence-electron chi connectivity index (χ0n) is 8.10.